The van der Waals surface area contributed by atoms with Gasteiger partial charge in [0, 0.05) is 0 Å². The molecule has 62 valence electrons. The van der Waals surface area contributed by atoms with Crippen molar-refractivity contribution in [2.45, 2.75) is 39.8 Å². The van der Waals surface area contributed by atoms with Crippen LogP contribution in [0.2, 0.25) is 0 Å². The van der Waals surface area contributed by atoms with Crippen LogP contribution in [0.3, 0.4) is 0 Å². The minimum atomic E-state index is 0.148. The number of hydrogen-bond acceptors (Lipinski definition) is 0. The predicted molar refractivity (Wildman–Crippen MR) is 53.6 cm³/mol. The van der Waals surface area contributed by atoms with E-state index in [9.17, 15) is 0 Å². The maximum absolute atomic E-state index is 2.42. The summed E-state index contributed by atoms with van der Waals surface area (Å²) >= 11 is 0. The van der Waals surface area contributed by atoms with Crippen LogP contribution in [-0.2, 0) is 19.0 Å². The Bertz CT molecular complexity index is 201. The summed E-state index contributed by atoms with van der Waals surface area (Å²) in [5.41, 5.74) is 1.61. The average molecular weight is 168 g/mol. The lowest BCUT2D eigenvalue weighted by Crippen LogP contribution is -1.82. The van der Waals surface area contributed by atoms with Crippen molar-refractivity contribution in [1.29, 1.82) is 0 Å². The van der Waals surface area contributed by atoms with Crippen LogP contribution in [0.4, 0.5) is 0 Å². The zero-order valence-corrected chi connectivity index (χ0v) is 8.62. The summed E-state index contributed by atoms with van der Waals surface area (Å²) in [6, 6.07) is 2.34. The van der Waals surface area contributed by atoms with Gasteiger partial charge in [-0.15, -0.1) is 7.53 Å². The van der Waals surface area contributed by atoms with Crippen LogP contribution in [0.15, 0.2) is 11.9 Å². The summed E-state index contributed by atoms with van der Waals surface area (Å²) < 4.78 is 0. The van der Waals surface area contributed by atoms with Crippen LogP contribution in [0.1, 0.15) is 31.6 Å². The molecule has 0 aliphatic heterocycles. The third-order valence-electron chi connectivity index (χ3n) is 2.23. The fraction of sp³-hybridized carbons (Fsp3) is 0.600. The molecule has 1 unspecified atom stereocenters. The highest BCUT2D eigenvalue weighted by Crippen LogP contribution is 2.38. The Labute approximate surface area is 70.7 Å². The maximum atomic E-state index is 2.42. The van der Waals surface area contributed by atoms with Gasteiger partial charge < -0.3 is 0 Å². The fourth-order valence-corrected chi connectivity index (χ4v) is 3.74. The molecule has 0 N–H and O–H groups in total. The van der Waals surface area contributed by atoms with Crippen LogP contribution in [-0.4, -0.2) is 0 Å². The van der Waals surface area contributed by atoms with E-state index >= 15 is 0 Å². The molecule has 1 aromatic rings. The Hall–Kier alpha value is -0.220. The Morgan fingerprint density at radius 2 is 1.91 bits per heavy atom. The molecule has 0 fully saturated rings. The van der Waals surface area contributed by atoms with E-state index < -0.39 is 0 Å². The quantitative estimate of drug-likeness (QED) is 0.643. The number of hydrogen-bond donors (Lipinski definition) is 0. The molecule has 1 heteroatoms. The van der Waals surface area contributed by atoms with Gasteiger partial charge in [-0.1, -0.05) is 26.8 Å². The van der Waals surface area contributed by atoms with E-state index in [-0.39, 0.29) is 7.53 Å². The first kappa shape index (κ1) is 8.87. The minimum Gasteiger partial charge on any atom is -0.122 e. The van der Waals surface area contributed by atoms with E-state index in [1.54, 1.807) is 10.9 Å². The minimum absolute atomic E-state index is 0.148. The van der Waals surface area contributed by atoms with Crippen molar-refractivity contribution in [2.75, 3.05) is 0 Å². The summed E-state index contributed by atoms with van der Waals surface area (Å²) in [6.07, 6.45) is 3.81. The summed E-state index contributed by atoms with van der Waals surface area (Å²) in [5.74, 6) is 2.42. The van der Waals surface area contributed by atoms with Crippen molar-refractivity contribution in [3.05, 3.63) is 22.7 Å². The van der Waals surface area contributed by atoms with Gasteiger partial charge in [0.1, 0.15) is 0 Å². The first-order chi connectivity index (χ1) is 5.33. The Morgan fingerprint density at radius 3 is 2.36 bits per heavy atom. The van der Waals surface area contributed by atoms with Gasteiger partial charge in [0.05, 0.1) is 0 Å². The SMILES string of the molecule is CCc1ccp(CC)c1CC. The molecule has 0 saturated heterocycles. The largest absolute Gasteiger partial charge is 0.122 e. The van der Waals surface area contributed by atoms with Crippen LogP contribution >= 0.6 is 7.53 Å². The van der Waals surface area contributed by atoms with Crippen molar-refractivity contribution in [1.82, 2.24) is 0 Å². The lowest BCUT2D eigenvalue weighted by molar-refractivity contribution is 1.07. The van der Waals surface area contributed by atoms with Crippen molar-refractivity contribution in [2.24, 2.45) is 0 Å². The molecule has 0 spiro atoms. The summed E-state index contributed by atoms with van der Waals surface area (Å²) in [7, 11) is 0.148. The van der Waals surface area contributed by atoms with Crippen LogP contribution in [0.25, 0.3) is 0 Å². The molecule has 0 nitrogen and oxygen atoms in total. The summed E-state index contributed by atoms with van der Waals surface area (Å²) in [5, 5.41) is 1.74. The van der Waals surface area contributed by atoms with Gasteiger partial charge in [0.2, 0.25) is 0 Å². The van der Waals surface area contributed by atoms with Gasteiger partial charge in [-0.2, -0.15) is 0 Å². The molecule has 11 heavy (non-hydrogen) atoms. The van der Waals surface area contributed by atoms with Crippen molar-refractivity contribution in [3.8, 4) is 0 Å². The highest BCUT2D eigenvalue weighted by molar-refractivity contribution is 7.49. The molecule has 1 aromatic heterocycles. The van der Waals surface area contributed by atoms with Gasteiger partial charge >= 0.3 is 0 Å². The smallest absolute Gasteiger partial charge is 0.0167 e. The van der Waals surface area contributed by atoms with E-state index in [1.165, 1.54) is 19.0 Å². The molecule has 1 rings (SSSR count). The van der Waals surface area contributed by atoms with E-state index in [0.717, 1.165) is 0 Å². The fourth-order valence-electron chi connectivity index (χ4n) is 1.60. The van der Waals surface area contributed by atoms with E-state index in [2.05, 4.69) is 32.6 Å². The molecular formula is C10H17P. The average Bonchev–Trinajstić information content (AvgIpc) is 2.45. The third-order valence-corrected chi connectivity index (χ3v) is 4.72. The Balaban J connectivity index is 2.99. The molecule has 0 radical (unpaired) electrons. The zero-order valence-electron chi connectivity index (χ0n) is 7.72. The molecular weight excluding hydrogens is 151 g/mol. The normalized spacial score (nSPS) is 12.1. The molecule has 0 aliphatic rings. The van der Waals surface area contributed by atoms with Crippen LogP contribution < -0.4 is 0 Å². The molecule has 1 atom stereocenters. The van der Waals surface area contributed by atoms with Crippen LogP contribution in [0, 0.1) is 0 Å². The van der Waals surface area contributed by atoms with Crippen molar-refractivity contribution < 1.29 is 0 Å². The molecule has 1 heterocycles. The van der Waals surface area contributed by atoms with Gasteiger partial charge in [-0.3, -0.25) is 0 Å². The molecule has 0 amide bonds. The highest BCUT2D eigenvalue weighted by Gasteiger charge is 2.03. The monoisotopic (exact) mass is 168 g/mol. The molecule has 0 bridgehead atoms. The second-order valence-electron chi connectivity index (χ2n) is 2.78. The number of aryl methyl sites for hydroxylation is 2. The van der Waals surface area contributed by atoms with Gasteiger partial charge in [-0.25, -0.2) is 0 Å². The molecule has 0 aromatic carbocycles. The lowest BCUT2D eigenvalue weighted by Gasteiger charge is -2.01. The second kappa shape index (κ2) is 3.97. The summed E-state index contributed by atoms with van der Waals surface area (Å²) in [4.78, 5) is 0. The van der Waals surface area contributed by atoms with Crippen LogP contribution in [0.5, 0.6) is 0 Å². The maximum Gasteiger partial charge on any atom is -0.0167 e. The first-order valence-electron chi connectivity index (χ1n) is 4.50. The Morgan fingerprint density at radius 1 is 1.18 bits per heavy atom. The molecule has 0 aliphatic carbocycles. The second-order valence-corrected chi connectivity index (χ2v) is 5.19. The standard InChI is InChI=1S/C10H17P/c1-4-9-7-8-11(6-3)10(9)5-2/h7-8H,4-6H2,1-3H3. The lowest BCUT2D eigenvalue weighted by atomic mass is 10.2. The van der Waals surface area contributed by atoms with Gasteiger partial charge in [0.25, 0.3) is 0 Å². The van der Waals surface area contributed by atoms with Gasteiger partial charge in [0.15, 0.2) is 0 Å². The predicted octanol–water partition coefficient (Wildman–Crippen LogP) is 3.82. The number of rotatable bonds is 3. The highest BCUT2D eigenvalue weighted by atomic mass is 31.1. The zero-order chi connectivity index (χ0) is 8.27. The van der Waals surface area contributed by atoms with Crippen molar-refractivity contribution >= 4 is 7.53 Å². The third kappa shape index (κ3) is 1.68. The topological polar surface area (TPSA) is 0 Å². The first-order valence-corrected chi connectivity index (χ1v) is 6.09. The Kier molecular flexibility index (Phi) is 3.20. The molecule has 0 saturated carbocycles. The summed E-state index contributed by atoms with van der Waals surface area (Å²) in [6.45, 7) is 6.83. The van der Waals surface area contributed by atoms with E-state index in [0.29, 0.717) is 0 Å². The van der Waals surface area contributed by atoms with E-state index in [4.69, 9.17) is 0 Å². The van der Waals surface area contributed by atoms with Crippen molar-refractivity contribution in [3.63, 3.8) is 0 Å². The van der Waals surface area contributed by atoms with Gasteiger partial charge in [-0.05, 0) is 35.7 Å². The van der Waals surface area contributed by atoms with E-state index in [1.807, 2.05) is 0 Å².